The number of nitrogens with two attached hydrogens (primary N) is 1. The number of sulfonamides is 1. The van der Waals surface area contributed by atoms with Gasteiger partial charge in [0.25, 0.3) is 0 Å². The summed E-state index contributed by atoms with van der Waals surface area (Å²) in [5.41, 5.74) is 0.158. The molecule has 1 aromatic heterocycles. The first-order chi connectivity index (χ1) is 14.0. The van der Waals surface area contributed by atoms with Crippen molar-refractivity contribution >= 4 is 16.0 Å². The third-order valence-corrected chi connectivity index (χ3v) is 5.03. The summed E-state index contributed by atoms with van der Waals surface area (Å²) in [4.78, 5) is 12.5. The van der Waals surface area contributed by atoms with Gasteiger partial charge in [0.05, 0.1) is 12.6 Å². The summed E-state index contributed by atoms with van der Waals surface area (Å²) in [6, 6.07) is 3.57. The lowest BCUT2D eigenvalue weighted by Gasteiger charge is -2.19. The number of anilines is 1. The van der Waals surface area contributed by atoms with E-state index in [1.54, 1.807) is 6.92 Å². The van der Waals surface area contributed by atoms with Crippen LogP contribution in [-0.4, -0.2) is 41.1 Å². The van der Waals surface area contributed by atoms with Crippen molar-refractivity contribution < 1.29 is 22.3 Å². The van der Waals surface area contributed by atoms with E-state index in [1.165, 1.54) is 12.1 Å². The Kier molecular flexibility index (Phi) is 8.16. The van der Waals surface area contributed by atoms with E-state index in [-0.39, 0.29) is 48.1 Å². The molecule has 166 valence electrons. The van der Waals surface area contributed by atoms with Crippen LogP contribution in [0.5, 0.6) is 0 Å². The molecule has 0 saturated carbocycles. The van der Waals surface area contributed by atoms with Crippen molar-refractivity contribution in [2.24, 2.45) is 11.1 Å². The van der Waals surface area contributed by atoms with Gasteiger partial charge in [-0.3, -0.25) is 0 Å². The molecular weight excluding hydrogens is 416 g/mol. The first kappa shape index (κ1) is 24.0. The Hall–Kier alpha value is -2.24. The number of aromatic nitrogens is 3. The molecule has 2 aromatic rings. The molecule has 0 fully saturated rings. The molecular formula is C19H27F2N5O3S. The van der Waals surface area contributed by atoms with Crippen LogP contribution < -0.4 is 10.5 Å². The molecule has 0 aliphatic rings. The van der Waals surface area contributed by atoms with E-state index < -0.39 is 33.3 Å². The van der Waals surface area contributed by atoms with E-state index in [1.807, 2.05) is 13.8 Å². The second kappa shape index (κ2) is 10.2. The molecule has 4 N–H and O–H groups in total. The lowest BCUT2D eigenvalue weighted by atomic mass is 9.97. The molecule has 1 heterocycles. The molecule has 2 rings (SSSR count). The zero-order valence-electron chi connectivity index (χ0n) is 17.1. The van der Waals surface area contributed by atoms with E-state index in [9.17, 15) is 22.3 Å². The molecule has 2 atom stereocenters. The average Bonchev–Trinajstić information content (AvgIpc) is 2.61. The lowest BCUT2D eigenvalue weighted by molar-refractivity contribution is 0.259. The fourth-order valence-electron chi connectivity index (χ4n) is 3.08. The highest BCUT2D eigenvalue weighted by molar-refractivity contribution is 7.88. The Morgan fingerprint density at radius 2 is 1.80 bits per heavy atom. The molecule has 11 heteroatoms. The molecule has 0 aliphatic heterocycles. The predicted molar refractivity (Wildman–Crippen MR) is 109 cm³/mol. The van der Waals surface area contributed by atoms with Gasteiger partial charge in [0.15, 0.2) is 17.5 Å². The highest BCUT2D eigenvalue weighted by Gasteiger charge is 2.19. The molecule has 0 spiro atoms. The number of hydrogen-bond donors (Lipinski definition) is 3. The number of halogens is 2. The van der Waals surface area contributed by atoms with E-state index in [0.29, 0.717) is 6.42 Å². The molecule has 0 bridgehead atoms. The molecule has 0 saturated heterocycles. The maximum atomic E-state index is 14.1. The van der Waals surface area contributed by atoms with Gasteiger partial charge < -0.3 is 10.4 Å². The number of hydrogen-bond acceptors (Lipinski definition) is 7. The van der Waals surface area contributed by atoms with Gasteiger partial charge in [0.1, 0.15) is 11.6 Å². The van der Waals surface area contributed by atoms with Crippen molar-refractivity contribution in [2.75, 3.05) is 11.9 Å². The van der Waals surface area contributed by atoms with E-state index in [4.69, 9.17) is 5.14 Å². The van der Waals surface area contributed by atoms with Crippen molar-refractivity contribution in [1.29, 1.82) is 0 Å². The third kappa shape index (κ3) is 7.22. The smallest absolute Gasteiger partial charge is 0.226 e. The quantitative estimate of drug-likeness (QED) is 0.512. The van der Waals surface area contributed by atoms with Gasteiger partial charge in [-0.2, -0.15) is 9.97 Å². The minimum atomic E-state index is -3.90. The summed E-state index contributed by atoms with van der Waals surface area (Å²) < 4.78 is 50.7. The highest BCUT2D eigenvalue weighted by Crippen LogP contribution is 2.24. The van der Waals surface area contributed by atoms with Gasteiger partial charge in [0.2, 0.25) is 16.0 Å². The van der Waals surface area contributed by atoms with Crippen LogP contribution in [0, 0.1) is 17.6 Å². The second-order valence-electron chi connectivity index (χ2n) is 7.70. The molecule has 0 unspecified atom stereocenters. The number of nitrogens with zero attached hydrogens (tertiary/aromatic N) is 3. The first-order valence-electron chi connectivity index (χ1n) is 9.54. The summed E-state index contributed by atoms with van der Waals surface area (Å²) >= 11 is 0. The molecule has 0 radical (unpaired) electrons. The number of primary sulfonamides is 1. The molecule has 0 aliphatic carbocycles. The maximum absolute atomic E-state index is 14.1. The van der Waals surface area contributed by atoms with Gasteiger partial charge in [-0.1, -0.05) is 32.9 Å². The van der Waals surface area contributed by atoms with Gasteiger partial charge >= 0.3 is 0 Å². The predicted octanol–water partition coefficient (Wildman–Crippen LogP) is 2.10. The van der Waals surface area contributed by atoms with Crippen molar-refractivity contribution in [3.05, 3.63) is 47.0 Å². The Balaban J connectivity index is 2.34. The summed E-state index contributed by atoms with van der Waals surface area (Å²) in [5, 5.41) is 17.7. The SMILES string of the molecule is CC(C)C[C@H](CO)Nc1nc(C[C@H](C)c2cccc(F)c2F)nc(CS(N)(=O)=O)n1. The van der Waals surface area contributed by atoms with E-state index in [0.717, 1.165) is 6.07 Å². The Morgan fingerprint density at radius 1 is 1.13 bits per heavy atom. The topological polar surface area (TPSA) is 131 Å². The molecule has 0 amide bonds. The summed E-state index contributed by atoms with van der Waals surface area (Å²) in [5.74, 6) is -2.48. The molecule has 1 aromatic carbocycles. The Bertz CT molecular complexity index is 973. The standard InChI is InChI=1S/C19H27F2N5O3S/c1-11(2)7-13(9-27)23-19-25-16(24-17(26-19)10-30(22,28)29)8-12(3)14-5-4-6-15(20)18(14)21/h4-6,11-13,27H,7-10H2,1-3H3,(H2,22,28,29)(H,23,24,25,26)/t12-,13+/m0/s1. The average molecular weight is 444 g/mol. The van der Waals surface area contributed by atoms with Gasteiger partial charge in [-0.05, 0) is 29.9 Å². The fraction of sp³-hybridized carbons (Fsp3) is 0.526. The fourth-order valence-corrected chi connectivity index (χ4v) is 3.57. The Labute approximate surface area is 175 Å². The number of rotatable bonds is 10. The molecule has 30 heavy (non-hydrogen) atoms. The largest absolute Gasteiger partial charge is 0.394 e. The number of nitrogens with one attached hydrogen (secondary N) is 1. The number of aliphatic hydroxyl groups is 1. The van der Waals surface area contributed by atoms with Crippen LogP contribution in [0.3, 0.4) is 0 Å². The van der Waals surface area contributed by atoms with Crippen LogP contribution in [0.15, 0.2) is 18.2 Å². The summed E-state index contributed by atoms with van der Waals surface area (Å²) in [7, 11) is -3.90. The van der Waals surface area contributed by atoms with Crippen LogP contribution in [0.1, 0.15) is 50.3 Å². The van der Waals surface area contributed by atoms with Crippen molar-refractivity contribution in [3.63, 3.8) is 0 Å². The van der Waals surface area contributed by atoms with Crippen LogP contribution in [-0.2, 0) is 22.2 Å². The number of aliphatic hydroxyl groups excluding tert-OH is 1. The molecule has 8 nitrogen and oxygen atoms in total. The minimum absolute atomic E-state index is 0.0712. The third-order valence-electron chi connectivity index (χ3n) is 4.37. The van der Waals surface area contributed by atoms with Crippen LogP contribution in [0.4, 0.5) is 14.7 Å². The van der Waals surface area contributed by atoms with Gasteiger partial charge in [-0.25, -0.2) is 27.3 Å². The van der Waals surface area contributed by atoms with Crippen LogP contribution >= 0.6 is 0 Å². The summed E-state index contributed by atoms with van der Waals surface area (Å²) in [6.07, 6.45) is 0.746. The monoisotopic (exact) mass is 443 g/mol. The normalized spacial score (nSPS) is 14.0. The zero-order valence-corrected chi connectivity index (χ0v) is 18.0. The van der Waals surface area contributed by atoms with Crippen molar-refractivity contribution in [3.8, 4) is 0 Å². The van der Waals surface area contributed by atoms with E-state index >= 15 is 0 Å². The number of benzene rings is 1. The van der Waals surface area contributed by atoms with Crippen molar-refractivity contribution in [1.82, 2.24) is 15.0 Å². The lowest BCUT2D eigenvalue weighted by Crippen LogP contribution is -2.28. The maximum Gasteiger partial charge on any atom is 0.226 e. The zero-order chi connectivity index (χ0) is 22.5. The van der Waals surface area contributed by atoms with E-state index in [2.05, 4.69) is 20.3 Å². The van der Waals surface area contributed by atoms with Crippen molar-refractivity contribution in [2.45, 2.75) is 51.3 Å². The van der Waals surface area contributed by atoms with Gasteiger partial charge in [0, 0.05) is 6.42 Å². The van der Waals surface area contributed by atoms with Crippen LogP contribution in [0.2, 0.25) is 0 Å². The van der Waals surface area contributed by atoms with Gasteiger partial charge in [-0.15, -0.1) is 0 Å². The first-order valence-corrected chi connectivity index (χ1v) is 11.3. The van der Waals surface area contributed by atoms with Crippen LogP contribution in [0.25, 0.3) is 0 Å². The highest BCUT2D eigenvalue weighted by atomic mass is 32.2. The Morgan fingerprint density at radius 3 is 2.40 bits per heavy atom. The summed E-state index contributed by atoms with van der Waals surface area (Å²) in [6.45, 7) is 5.49. The minimum Gasteiger partial charge on any atom is -0.394 e. The second-order valence-corrected chi connectivity index (χ2v) is 9.31.